The van der Waals surface area contributed by atoms with Crippen LogP contribution in [0.15, 0.2) is 28.7 Å². The minimum Gasteiger partial charge on any atom is -0.283 e. The minimum absolute atomic E-state index is 0.958. The predicted octanol–water partition coefficient (Wildman–Crippen LogP) is 1.90. The molecule has 2 fully saturated rings. The summed E-state index contributed by atoms with van der Waals surface area (Å²) in [5.41, 5.74) is 0. The molecule has 3 rings (SSSR count). The second-order valence-corrected chi connectivity index (χ2v) is 7.46. The molecule has 0 aliphatic carbocycles. The average molecular weight is 287 g/mol. The SMILES string of the molecule is O=P(c1ccccc1Br)(N1CC1)N1CC1. The number of hydrogen-bond acceptors (Lipinski definition) is 1. The zero-order valence-corrected chi connectivity index (χ0v) is 10.7. The quantitative estimate of drug-likeness (QED) is 0.626. The molecule has 0 aromatic heterocycles. The van der Waals surface area contributed by atoms with E-state index in [4.69, 9.17) is 0 Å². The highest BCUT2D eigenvalue weighted by Gasteiger charge is 2.49. The van der Waals surface area contributed by atoms with Gasteiger partial charge in [0.25, 0.3) is 0 Å². The van der Waals surface area contributed by atoms with Crippen molar-refractivity contribution in [3.63, 3.8) is 0 Å². The number of halogens is 1. The van der Waals surface area contributed by atoms with E-state index in [0.29, 0.717) is 0 Å². The summed E-state index contributed by atoms with van der Waals surface area (Å²) < 4.78 is 18.1. The van der Waals surface area contributed by atoms with Gasteiger partial charge in [0.15, 0.2) is 0 Å². The third-order valence-electron chi connectivity index (χ3n) is 2.78. The molecule has 15 heavy (non-hydrogen) atoms. The molecule has 80 valence electrons. The molecule has 0 amide bonds. The standard InChI is InChI=1S/C10H12BrN2OP/c11-9-3-1-2-4-10(9)15(14,12-5-6-12)13-7-8-13/h1-4H,5-8H2. The lowest BCUT2D eigenvalue weighted by Crippen LogP contribution is -2.18. The molecule has 0 atom stereocenters. The van der Waals surface area contributed by atoms with Crippen molar-refractivity contribution >= 4 is 28.7 Å². The van der Waals surface area contributed by atoms with Gasteiger partial charge in [-0.1, -0.05) is 12.1 Å². The van der Waals surface area contributed by atoms with Crippen LogP contribution in [-0.2, 0) is 4.57 Å². The predicted molar refractivity (Wildman–Crippen MR) is 64.5 cm³/mol. The van der Waals surface area contributed by atoms with E-state index in [1.807, 2.05) is 24.3 Å². The molecule has 0 spiro atoms. The number of benzene rings is 1. The Kier molecular flexibility index (Phi) is 2.29. The van der Waals surface area contributed by atoms with Crippen LogP contribution >= 0.6 is 23.4 Å². The Morgan fingerprint density at radius 1 is 1.07 bits per heavy atom. The fraction of sp³-hybridized carbons (Fsp3) is 0.400. The third-order valence-corrected chi connectivity index (χ3v) is 7.13. The van der Waals surface area contributed by atoms with E-state index >= 15 is 0 Å². The molecule has 2 aliphatic rings. The van der Waals surface area contributed by atoms with Crippen molar-refractivity contribution in [2.24, 2.45) is 0 Å². The van der Waals surface area contributed by atoms with Crippen molar-refractivity contribution in [3.8, 4) is 0 Å². The minimum atomic E-state index is -2.41. The second-order valence-electron chi connectivity index (χ2n) is 3.90. The van der Waals surface area contributed by atoms with Gasteiger partial charge in [-0.05, 0) is 28.1 Å². The first-order valence-electron chi connectivity index (χ1n) is 5.09. The maximum absolute atomic E-state index is 13.0. The summed E-state index contributed by atoms with van der Waals surface area (Å²) in [6.07, 6.45) is 0. The molecule has 0 radical (unpaired) electrons. The molecule has 0 N–H and O–H groups in total. The van der Waals surface area contributed by atoms with Crippen LogP contribution in [0.25, 0.3) is 0 Å². The van der Waals surface area contributed by atoms with E-state index in [1.54, 1.807) is 0 Å². The highest BCUT2D eigenvalue weighted by Crippen LogP contribution is 2.59. The molecule has 2 aliphatic heterocycles. The first-order valence-corrected chi connectivity index (χ1v) is 7.49. The van der Waals surface area contributed by atoms with Crippen molar-refractivity contribution in [2.75, 3.05) is 26.2 Å². The first kappa shape index (κ1) is 10.0. The van der Waals surface area contributed by atoms with Gasteiger partial charge in [-0.2, -0.15) is 0 Å². The zero-order valence-electron chi connectivity index (χ0n) is 8.27. The Morgan fingerprint density at radius 3 is 2.07 bits per heavy atom. The fourth-order valence-electron chi connectivity index (χ4n) is 1.80. The average Bonchev–Trinajstić information content (AvgIpc) is 3.06. The highest BCUT2D eigenvalue weighted by molar-refractivity contribution is 9.10. The zero-order chi connectivity index (χ0) is 10.5. The summed E-state index contributed by atoms with van der Waals surface area (Å²) in [7, 11) is -2.41. The van der Waals surface area contributed by atoms with Gasteiger partial charge in [-0.3, -0.25) is 4.57 Å². The first-order chi connectivity index (χ1) is 7.23. The van der Waals surface area contributed by atoms with Crippen LogP contribution in [0.5, 0.6) is 0 Å². The number of nitrogens with zero attached hydrogens (tertiary/aromatic N) is 2. The molecule has 0 bridgehead atoms. The number of hydrogen-bond donors (Lipinski definition) is 0. The Labute approximate surface area is 97.7 Å². The van der Waals surface area contributed by atoms with Gasteiger partial charge < -0.3 is 0 Å². The summed E-state index contributed by atoms with van der Waals surface area (Å²) >= 11 is 3.50. The monoisotopic (exact) mass is 286 g/mol. The molecule has 1 aromatic rings. The number of rotatable bonds is 3. The fourth-order valence-corrected chi connectivity index (χ4v) is 5.64. The van der Waals surface area contributed by atoms with Crippen molar-refractivity contribution in [1.82, 2.24) is 9.34 Å². The normalized spacial score (nSPS) is 21.7. The van der Waals surface area contributed by atoms with Gasteiger partial charge >= 0.3 is 0 Å². The van der Waals surface area contributed by atoms with Gasteiger partial charge in [0.05, 0.1) is 5.30 Å². The maximum atomic E-state index is 13.0. The Bertz CT molecular complexity index is 427. The van der Waals surface area contributed by atoms with Crippen molar-refractivity contribution in [1.29, 1.82) is 0 Å². The largest absolute Gasteiger partial charge is 0.283 e. The summed E-state index contributed by atoms with van der Waals surface area (Å²) in [4.78, 5) is 0. The van der Waals surface area contributed by atoms with Gasteiger partial charge in [0.2, 0.25) is 7.44 Å². The van der Waals surface area contributed by atoms with Crippen LogP contribution in [0.3, 0.4) is 0 Å². The third kappa shape index (κ3) is 1.60. The summed E-state index contributed by atoms with van der Waals surface area (Å²) in [5, 5.41) is 0.958. The Morgan fingerprint density at radius 2 is 1.60 bits per heavy atom. The molecule has 1 aromatic carbocycles. The highest BCUT2D eigenvalue weighted by atomic mass is 79.9. The van der Waals surface area contributed by atoms with Crippen LogP contribution in [0, 0.1) is 0 Å². The van der Waals surface area contributed by atoms with Crippen LogP contribution in [-0.4, -0.2) is 35.5 Å². The van der Waals surface area contributed by atoms with Gasteiger partial charge in [0, 0.05) is 30.7 Å². The van der Waals surface area contributed by atoms with E-state index in [2.05, 4.69) is 25.3 Å². The second kappa shape index (κ2) is 3.42. The van der Waals surface area contributed by atoms with Gasteiger partial charge in [0.1, 0.15) is 0 Å². The topological polar surface area (TPSA) is 23.1 Å². The van der Waals surface area contributed by atoms with Crippen LogP contribution in [0.2, 0.25) is 0 Å². The Balaban J connectivity index is 2.09. The molecule has 2 heterocycles. The van der Waals surface area contributed by atoms with Gasteiger partial charge in [-0.25, -0.2) is 9.34 Å². The molecular weight excluding hydrogens is 275 g/mol. The van der Waals surface area contributed by atoms with E-state index in [9.17, 15) is 4.57 Å². The van der Waals surface area contributed by atoms with Crippen LogP contribution < -0.4 is 5.30 Å². The van der Waals surface area contributed by atoms with Crippen LogP contribution in [0.1, 0.15) is 0 Å². The van der Waals surface area contributed by atoms with Crippen LogP contribution in [0.4, 0.5) is 0 Å². The van der Waals surface area contributed by atoms with E-state index in [0.717, 1.165) is 36.0 Å². The molecule has 5 heteroatoms. The summed E-state index contributed by atoms with van der Waals surface area (Å²) in [6.45, 7) is 3.87. The van der Waals surface area contributed by atoms with E-state index in [-0.39, 0.29) is 0 Å². The lowest BCUT2D eigenvalue weighted by Gasteiger charge is -2.21. The molecule has 3 nitrogen and oxygen atoms in total. The maximum Gasteiger partial charge on any atom is 0.247 e. The van der Waals surface area contributed by atoms with E-state index in [1.165, 1.54) is 0 Å². The van der Waals surface area contributed by atoms with Crippen molar-refractivity contribution in [2.45, 2.75) is 0 Å². The molecular formula is C10H12BrN2OP. The molecule has 2 saturated heterocycles. The van der Waals surface area contributed by atoms with Crippen molar-refractivity contribution in [3.05, 3.63) is 28.7 Å². The summed E-state index contributed by atoms with van der Waals surface area (Å²) in [6, 6.07) is 7.86. The summed E-state index contributed by atoms with van der Waals surface area (Å²) in [5.74, 6) is 0. The smallest absolute Gasteiger partial charge is 0.247 e. The lowest BCUT2D eigenvalue weighted by molar-refractivity contribution is 0.529. The van der Waals surface area contributed by atoms with Gasteiger partial charge in [-0.15, -0.1) is 0 Å². The van der Waals surface area contributed by atoms with E-state index < -0.39 is 7.44 Å². The molecule has 0 unspecified atom stereocenters. The Hall–Kier alpha value is -0.150. The molecule has 0 saturated carbocycles. The van der Waals surface area contributed by atoms with Crippen molar-refractivity contribution < 1.29 is 4.57 Å². The lowest BCUT2D eigenvalue weighted by atomic mass is 10.4.